The number of likely N-dealkylation sites (tertiary alicyclic amines) is 1. The van der Waals surface area contributed by atoms with E-state index in [9.17, 15) is 9.59 Å². The van der Waals surface area contributed by atoms with Gasteiger partial charge in [-0.2, -0.15) is 5.26 Å². The number of nitriles is 1. The summed E-state index contributed by atoms with van der Waals surface area (Å²) >= 11 is 0. The molecule has 2 rings (SSSR count). The number of hydrogen-bond acceptors (Lipinski definition) is 3. The van der Waals surface area contributed by atoms with Crippen molar-refractivity contribution in [1.82, 2.24) is 4.90 Å². The third-order valence-electron chi connectivity index (χ3n) is 3.90. The Morgan fingerprint density at radius 2 is 2.05 bits per heavy atom. The summed E-state index contributed by atoms with van der Waals surface area (Å²) in [5, 5.41) is 8.96. The van der Waals surface area contributed by atoms with E-state index in [1.165, 1.54) is 0 Å². The lowest BCUT2D eigenvalue weighted by Gasteiger charge is -2.35. The van der Waals surface area contributed by atoms with Gasteiger partial charge in [0.2, 0.25) is 11.8 Å². The second-order valence-corrected chi connectivity index (χ2v) is 5.34. The van der Waals surface area contributed by atoms with Gasteiger partial charge in [0.25, 0.3) is 0 Å². The maximum atomic E-state index is 12.3. The van der Waals surface area contributed by atoms with Crippen LogP contribution < -0.4 is 5.73 Å². The van der Waals surface area contributed by atoms with E-state index in [0.29, 0.717) is 32.2 Å². The first kappa shape index (κ1) is 15.0. The van der Waals surface area contributed by atoms with E-state index in [0.717, 1.165) is 5.56 Å². The van der Waals surface area contributed by atoms with E-state index >= 15 is 0 Å². The number of primary amides is 1. The summed E-state index contributed by atoms with van der Waals surface area (Å²) in [5.74, 6) is -0.789. The average molecular weight is 285 g/mol. The average Bonchev–Trinajstić information content (AvgIpc) is 2.52. The normalized spacial score (nSPS) is 21.6. The van der Waals surface area contributed by atoms with E-state index in [2.05, 4.69) is 6.07 Å². The zero-order valence-corrected chi connectivity index (χ0v) is 11.9. The van der Waals surface area contributed by atoms with Gasteiger partial charge in [0.15, 0.2) is 0 Å². The molecule has 110 valence electrons. The van der Waals surface area contributed by atoms with Crippen molar-refractivity contribution >= 4 is 11.8 Å². The summed E-state index contributed by atoms with van der Waals surface area (Å²) < 4.78 is 0. The molecule has 2 atom stereocenters. The summed E-state index contributed by atoms with van der Waals surface area (Å²) in [7, 11) is 0. The lowest BCUT2D eigenvalue weighted by atomic mass is 9.91. The van der Waals surface area contributed by atoms with Gasteiger partial charge in [0.05, 0.1) is 12.0 Å². The van der Waals surface area contributed by atoms with Crippen LogP contribution >= 0.6 is 0 Å². The van der Waals surface area contributed by atoms with Crippen LogP contribution in [-0.4, -0.2) is 29.3 Å². The van der Waals surface area contributed by atoms with Crippen molar-refractivity contribution in [3.63, 3.8) is 0 Å². The van der Waals surface area contributed by atoms with Gasteiger partial charge in [-0.15, -0.1) is 0 Å². The van der Waals surface area contributed by atoms with Gasteiger partial charge in [-0.25, -0.2) is 0 Å². The molecule has 1 aliphatic rings. The Kier molecular flexibility index (Phi) is 4.94. The Morgan fingerprint density at radius 3 is 2.67 bits per heavy atom. The highest BCUT2D eigenvalue weighted by Gasteiger charge is 2.34. The summed E-state index contributed by atoms with van der Waals surface area (Å²) in [6.45, 7) is 0.430. The second-order valence-electron chi connectivity index (χ2n) is 5.34. The summed E-state index contributed by atoms with van der Waals surface area (Å²) in [5.41, 5.74) is 6.47. The topological polar surface area (TPSA) is 87.2 Å². The smallest absolute Gasteiger partial charge is 0.240 e. The fraction of sp³-hybridized carbons (Fsp3) is 0.438. The van der Waals surface area contributed by atoms with Gasteiger partial charge in [-0.1, -0.05) is 30.3 Å². The molecule has 0 saturated carbocycles. The minimum absolute atomic E-state index is 0.0703. The number of rotatable bonds is 4. The molecule has 21 heavy (non-hydrogen) atoms. The number of nitrogens with two attached hydrogens (primary N) is 1. The summed E-state index contributed by atoms with van der Waals surface area (Å²) in [4.78, 5) is 25.4. The van der Waals surface area contributed by atoms with Crippen LogP contribution in [0.25, 0.3) is 0 Å². The van der Waals surface area contributed by atoms with Crippen molar-refractivity contribution in [2.75, 3.05) is 6.54 Å². The van der Waals surface area contributed by atoms with Crippen LogP contribution in [0, 0.1) is 17.2 Å². The predicted molar refractivity (Wildman–Crippen MR) is 77.8 cm³/mol. The first-order chi connectivity index (χ1) is 10.1. The van der Waals surface area contributed by atoms with Crippen molar-refractivity contribution in [3.05, 3.63) is 35.9 Å². The molecule has 5 nitrogen and oxygen atoms in total. The highest BCUT2D eigenvalue weighted by Crippen LogP contribution is 2.23. The number of benzene rings is 1. The molecule has 0 bridgehead atoms. The molecule has 2 amide bonds. The number of carbonyl (C=O) groups excluding carboxylic acids is 2. The van der Waals surface area contributed by atoms with E-state index in [4.69, 9.17) is 11.0 Å². The Balaban J connectivity index is 1.97. The van der Waals surface area contributed by atoms with Crippen LogP contribution in [0.5, 0.6) is 0 Å². The van der Waals surface area contributed by atoms with Crippen LogP contribution in [0.4, 0.5) is 0 Å². The fourth-order valence-electron chi connectivity index (χ4n) is 2.69. The van der Waals surface area contributed by atoms with Crippen molar-refractivity contribution in [3.8, 4) is 6.07 Å². The van der Waals surface area contributed by atoms with Gasteiger partial charge in [0.1, 0.15) is 6.04 Å². The van der Waals surface area contributed by atoms with Crippen LogP contribution in [-0.2, 0) is 16.0 Å². The third-order valence-corrected chi connectivity index (χ3v) is 3.90. The lowest BCUT2D eigenvalue weighted by Crippen LogP contribution is -2.52. The highest BCUT2D eigenvalue weighted by atomic mass is 16.2. The SMILES string of the molecule is N#CC1CCN(C(=O)CCc2ccccc2)[C@@H](C(N)=O)C1. The molecule has 1 aliphatic heterocycles. The number of amides is 2. The maximum Gasteiger partial charge on any atom is 0.240 e. The molecule has 5 heteroatoms. The standard InChI is InChI=1S/C16H19N3O2/c17-11-13-8-9-19(14(10-13)16(18)21)15(20)7-6-12-4-2-1-3-5-12/h1-5,13-14H,6-10H2,(H2,18,21)/t13?,14-/m1/s1. The molecule has 1 fully saturated rings. The van der Waals surface area contributed by atoms with Crippen LogP contribution in [0.1, 0.15) is 24.8 Å². The molecule has 1 aromatic carbocycles. The Labute approximate surface area is 124 Å². The molecular weight excluding hydrogens is 266 g/mol. The van der Waals surface area contributed by atoms with Crippen molar-refractivity contribution in [1.29, 1.82) is 5.26 Å². The number of piperidine rings is 1. The third kappa shape index (κ3) is 3.82. The van der Waals surface area contributed by atoms with E-state index in [1.54, 1.807) is 4.90 Å². The molecule has 1 heterocycles. The minimum atomic E-state index is -0.647. The predicted octanol–water partition coefficient (Wildman–Crippen LogP) is 1.24. The van der Waals surface area contributed by atoms with E-state index in [-0.39, 0.29) is 11.8 Å². The number of carbonyl (C=O) groups is 2. The maximum absolute atomic E-state index is 12.3. The van der Waals surface area contributed by atoms with Crippen molar-refractivity contribution in [2.24, 2.45) is 11.7 Å². The first-order valence-electron chi connectivity index (χ1n) is 7.14. The number of nitrogens with zero attached hydrogens (tertiary/aromatic N) is 2. The van der Waals surface area contributed by atoms with E-state index in [1.807, 2.05) is 30.3 Å². The van der Waals surface area contributed by atoms with Crippen molar-refractivity contribution < 1.29 is 9.59 Å². The largest absolute Gasteiger partial charge is 0.368 e. The van der Waals surface area contributed by atoms with Gasteiger partial charge in [0, 0.05) is 13.0 Å². The zero-order valence-electron chi connectivity index (χ0n) is 11.9. The van der Waals surface area contributed by atoms with Crippen molar-refractivity contribution in [2.45, 2.75) is 31.7 Å². The molecule has 0 spiro atoms. The quantitative estimate of drug-likeness (QED) is 0.902. The van der Waals surface area contributed by atoms with Gasteiger partial charge in [-0.05, 0) is 24.8 Å². The highest BCUT2D eigenvalue weighted by molar-refractivity contribution is 5.87. The first-order valence-corrected chi connectivity index (χ1v) is 7.14. The summed E-state index contributed by atoms with van der Waals surface area (Å²) in [6, 6.07) is 11.3. The van der Waals surface area contributed by atoms with E-state index < -0.39 is 11.9 Å². The van der Waals surface area contributed by atoms with Crippen LogP contribution in [0.2, 0.25) is 0 Å². The molecule has 1 aromatic rings. The van der Waals surface area contributed by atoms with Gasteiger partial charge in [-0.3, -0.25) is 9.59 Å². The number of aryl methyl sites for hydroxylation is 1. The molecule has 1 unspecified atom stereocenters. The second kappa shape index (κ2) is 6.89. The molecule has 1 saturated heterocycles. The molecule has 0 aromatic heterocycles. The fourth-order valence-corrected chi connectivity index (χ4v) is 2.69. The Hall–Kier alpha value is -2.35. The molecule has 2 N–H and O–H groups in total. The Morgan fingerprint density at radius 1 is 1.33 bits per heavy atom. The zero-order chi connectivity index (χ0) is 15.2. The molecule has 0 radical (unpaired) electrons. The molecule has 0 aliphatic carbocycles. The lowest BCUT2D eigenvalue weighted by molar-refractivity contribution is -0.141. The monoisotopic (exact) mass is 285 g/mol. The Bertz CT molecular complexity index is 550. The van der Waals surface area contributed by atoms with Crippen LogP contribution in [0.15, 0.2) is 30.3 Å². The van der Waals surface area contributed by atoms with Crippen LogP contribution in [0.3, 0.4) is 0 Å². The van der Waals surface area contributed by atoms with Gasteiger partial charge < -0.3 is 10.6 Å². The summed E-state index contributed by atoms with van der Waals surface area (Å²) in [6.07, 6.45) is 1.95. The minimum Gasteiger partial charge on any atom is -0.368 e. The molecular formula is C16H19N3O2. The number of hydrogen-bond donors (Lipinski definition) is 1. The van der Waals surface area contributed by atoms with Gasteiger partial charge >= 0.3 is 0 Å².